The van der Waals surface area contributed by atoms with Crippen molar-refractivity contribution in [1.29, 1.82) is 0 Å². The van der Waals surface area contributed by atoms with Gasteiger partial charge in [-0.15, -0.1) is 0 Å². The lowest BCUT2D eigenvalue weighted by Gasteiger charge is -2.36. The summed E-state index contributed by atoms with van der Waals surface area (Å²) in [6.07, 6.45) is -0.751. The lowest BCUT2D eigenvalue weighted by atomic mass is 9.98. The maximum absolute atomic E-state index is 13.9. The first-order valence-electron chi connectivity index (χ1n) is 9.31. The van der Waals surface area contributed by atoms with Crippen molar-refractivity contribution in [2.24, 2.45) is 0 Å². The van der Waals surface area contributed by atoms with Crippen LogP contribution in [0.2, 0.25) is 0 Å². The van der Waals surface area contributed by atoms with Gasteiger partial charge in [0.25, 0.3) is 5.91 Å². The second kappa shape index (κ2) is 7.77. The van der Waals surface area contributed by atoms with Gasteiger partial charge in [-0.25, -0.2) is 22.0 Å². The van der Waals surface area contributed by atoms with Gasteiger partial charge in [0, 0.05) is 32.6 Å². The van der Waals surface area contributed by atoms with E-state index < -0.39 is 44.5 Å². The van der Waals surface area contributed by atoms with E-state index in [9.17, 15) is 26.8 Å². The fourth-order valence-electron chi connectivity index (χ4n) is 3.68. The number of hydrogen-bond donors (Lipinski definition) is 0. The predicted octanol–water partition coefficient (Wildman–Crippen LogP) is 1.58. The number of sulfonamides is 1. The Labute approximate surface area is 171 Å². The van der Waals surface area contributed by atoms with Crippen molar-refractivity contribution in [3.63, 3.8) is 0 Å². The molecule has 7 nitrogen and oxygen atoms in total. The fraction of sp³-hybridized carbons (Fsp3) is 0.300. The van der Waals surface area contributed by atoms with E-state index in [-0.39, 0.29) is 32.6 Å². The maximum Gasteiger partial charge on any atom is 0.339 e. The molecular formula is C20H18F2N2O5S. The standard InChI is InChI=1S/C20H18F2N2O5S/c21-15-6-3-7-16(22)18(15)30(27,28)24-10-8-23(9-11-24)19(25)17-12-13-4-1-2-5-14(13)20(26)29-17/h1-7,17H,8-12H2. The van der Waals surface area contributed by atoms with Gasteiger partial charge in [-0.3, -0.25) is 4.79 Å². The van der Waals surface area contributed by atoms with Crippen molar-refractivity contribution in [2.75, 3.05) is 26.2 Å². The highest BCUT2D eigenvalue weighted by molar-refractivity contribution is 7.89. The second-order valence-electron chi connectivity index (χ2n) is 7.04. The molecule has 1 unspecified atom stereocenters. The number of fused-ring (bicyclic) bond motifs is 1. The SMILES string of the molecule is O=C1OC(C(=O)N2CCN(S(=O)(=O)c3c(F)cccc3F)CC2)Cc2ccccc21. The lowest BCUT2D eigenvalue weighted by Crippen LogP contribution is -2.54. The molecule has 2 aromatic rings. The number of cyclic esters (lactones) is 1. The Balaban J connectivity index is 1.45. The van der Waals surface area contributed by atoms with Gasteiger partial charge in [-0.05, 0) is 23.8 Å². The zero-order valence-corrected chi connectivity index (χ0v) is 16.6. The van der Waals surface area contributed by atoms with Crippen LogP contribution in [0.1, 0.15) is 15.9 Å². The molecule has 2 aliphatic heterocycles. The maximum atomic E-state index is 13.9. The van der Waals surface area contributed by atoms with Crippen molar-refractivity contribution >= 4 is 21.9 Å². The molecule has 1 atom stereocenters. The molecule has 0 spiro atoms. The third kappa shape index (κ3) is 3.56. The minimum Gasteiger partial charge on any atom is -0.448 e. The zero-order chi connectivity index (χ0) is 21.5. The Morgan fingerprint density at radius 2 is 1.60 bits per heavy atom. The van der Waals surface area contributed by atoms with Gasteiger partial charge in [-0.2, -0.15) is 4.31 Å². The summed E-state index contributed by atoms with van der Waals surface area (Å²) in [7, 11) is -4.39. The van der Waals surface area contributed by atoms with E-state index in [1.54, 1.807) is 24.3 Å². The minimum atomic E-state index is -4.39. The number of hydrogen-bond acceptors (Lipinski definition) is 5. The lowest BCUT2D eigenvalue weighted by molar-refractivity contribution is -0.142. The molecule has 1 saturated heterocycles. The molecule has 0 bridgehead atoms. The predicted molar refractivity (Wildman–Crippen MR) is 101 cm³/mol. The molecule has 0 radical (unpaired) electrons. The van der Waals surface area contributed by atoms with E-state index in [2.05, 4.69) is 0 Å². The van der Waals surface area contributed by atoms with Gasteiger partial charge in [0.2, 0.25) is 10.0 Å². The summed E-state index contributed by atoms with van der Waals surface area (Å²) in [4.78, 5) is 25.3. The Hall–Kier alpha value is -2.85. The number of halogens is 2. The Bertz CT molecular complexity index is 1090. The van der Waals surface area contributed by atoms with E-state index in [1.165, 1.54) is 4.90 Å². The van der Waals surface area contributed by atoms with Crippen LogP contribution < -0.4 is 0 Å². The number of benzene rings is 2. The first-order valence-corrected chi connectivity index (χ1v) is 10.7. The number of esters is 1. The molecule has 0 N–H and O–H groups in total. The summed E-state index contributed by atoms with van der Waals surface area (Å²) < 4.78 is 59.4. The van der Waals surface area contributed by atoms with Crippen molar-refractivity contribution < 1.29 is 31.5 Å². The Morgan fingerprint density at radius 3 is 2.27 bits per heavy atom. The van der Waals surface area contributed by atoms with Gasteiger partial charge in [-0.1, -0.05) is 24.3 Å². The van der Waals surface area contributed by atoms with E-state index in [4.69, 9.17) is 4.74 Å². The number of carbonyl (C=O) groups is 2. The third-order valence-corrected chi connectivity index (χ3v) is 7.19. The first-order chi connectivity index (χ1) is 14.3. The van der Waals surface area contributed by atoms with Crippen molar-refractivity contribution in [3.05, 3.63) is 65.2 Å². The van der Waals surface area contributed by atoms with Crippen LogP contribution >= 0.6 is 0 Å². The summed E-state index contributed by atoms with van der Waals surface area (Å²) in [6, 6.07) is 9.71. The number of ether oxygens (including phenoxy) is 1. The first kappa shape index (κ1) is 20.4. The minimum absolute atomic E-state index is 0.0177. The number of amides is 1. The van der Waals surface area contributed by atoms with Crippen LogP contribution in [-0.2, 0) is 26.0 Å². The summed E-state index contributed by atoms with van der Waals surface area (Å²) in [5, 5.41) is 0. The molecule has 4 rings (SSSR count). The van der Waals surface area contributed by atoms with E-state index in [0.29, 0.717) is 11.1 Å². The molecule has 1 fully saturated rings. The molecule has 158 valence electrons. The summed E-state index contributed by atoms with van der Waals surface area (Å²) in [5.41, 5.74) is 1.13. The topological polar surface area (TPSA) is 84.0 Å². The normalized spacial score (nSPS) is 19.9. The van der Waals surface area contributed by atoms with Gasteiger partial charge in [0.1, 0.15) is 11.6 Å². The van der Waals surface area contributed by atoms with Gasteiger partial charge in [0.05, 0.1) is 5.56 Å². The highest BCUT2D eigenvalue weighted by Crippen LogP contribution is 2.25. The Kier molecular flexibility index (Phi) is 5.29. The van der Waals surface area contributed by atoms with Crippen molar-refractivity contribution in [1.82, 2.24) is 9.21 Å². The molecule has 2 aliphatic rings. The van der Waals surface area contributed by atoms with Gasteiger partial charge >= 0.3 is 5.97 Å². The largest absolute Gasteiger partial charge is 0.448 e. The molecule has 30 heavy (non-hydrogen) atoms. The molecule has 2 heterocycles. The molecule has 0 aliphatic carbocycles. The molecule has 0 aromatic heterocycles. The van der Waals surface area contributed by atoms with E-state index in [0.717, 1.165) is 22.5 Å². The molecule has 0 saturated carbocycles. The van der Waals surface area contributed by atoms with Crippen molar-refractivity contribution in [3.8, 4) is 0 Å². The quantitative estimate of drug-likeness (QED) is 0.683. The zero-order valence-electron chi connectivity index (χ0n) is 15.8. The highest BCUT2D eigenvalue weighted by Gasteiger charge is 2.38. The van der Waals surface area contributed by atoms with Crippen LogP contribution in [-0.4, -0.2) is 61.8 Å². The molecule has 10 heteroatoms. The highest BCUT2D eigenvalue weighted by atomic mass is 32.2. The Morgan fingerprint density at radius 1 is 0.967 bits per heavy atom. The number of rotatable bonds is 3. The average Bonchev–Trinajstić information content (AvgIpc) is 2.73. The fourth-order valence-corrected chi connectivity index (χ4v) is 5.21. The van der Waals surface area contributed by atoms with Crippen LogP contribution in [0.3, 0.4) is 0 Å². The summed E-state index contributed by atoms with van der Waals surface area (Å²) in [5.74, 6) is -3.33. The van der Waals surface area contributed by atoms with E-state index >= 15 is 0 Å². The van der Waals surface area contributed by atoms with Crippen molar-refractivity contribution in [2.45, 2.75) is 17.4 Å². The molecule has 1 amide bonds. The monoisotopic (exact) mass is 436 g/mol. The summed E-state index contributed by atoms with van der Waals surface area (Å²) >= 11 is 0. The van der Waals surface area contributed by atoms with Crippen LogP contribution in [0.5, 0.6) is 0 Å². The van der Waals surface area contributed by atoms with Gasteiger partial charge in [0.15, 0.2) is 11.0 Å². The smallest absolute Gasteiger partial charge is 0.339 e. The van der Waals surface area contributed by atoms with Crippen LogP contribution in [0.25, 0.3) is 0 Å². The van der Waals surface area contributed by atoms with Crippen LogP contribution in [0.15, 0.2) is 47.4 Å². The molecule has 2 aromatic carbocycles. The molecular weight excluding hydrogens is 418 g/mol. The van der Waals surface area contributed by atoms with Crippen LogP contribution in [0.4, 0.5) is 8.78 Å². The number of carbonyl (C=O) groups excluding carboxylic acids is 2. The summed E-state index contributed by atoms with van der Waals surface area (Å²) in [6.45, 7) is -0.216. The average molecular weight is 436 g/mol. The van der Waals surface area contributed by atoms with Gasteiger partial charge < -0.3 is 9.64 Å². The number of piperazine rings is 1. The second-order valence-corrected chi connectivity index (χ2v) is 8.91. The number of nitrogens with zero attached hydrogens (tertiary/aromatic N) is 2. The third-order valence-electron chi connectivity index (χ3n) is 5.23. The van der Waals surface area contributed by atoms with E-state index in [1.807, 2.05) is 0 Å². The van der Waals surface area contributed by atoms with Crippen LogP contribution in [0, 0.1) is 11.6 Å².